The van der Waals surface area contributed by atoms with Crippen molar-refractivity contribution in [3.8, 4) is 11.4 Å². The lowest BCUT2D eigenvalue weighted by Gasteiger charge is -2.23. The first-order valence-corrected chi connectivity index (χ1v) is 9.98. The molecule has 0 aliphatic carbocycles. The Labute approximate surface area is 178 Å². The van der Waals surface area contributed by atoms with Gasteiger partial charge in [-0.05, 0) is 36.2 Å². The normalized spacial score (nSPS) is 18.6. The molecule has 1 aromatic heterocycles. The Morgan fingerprint density at radius 3 is 2.65 bits per heavy atom. The van der Waals surface area contributed by atoms with Crippen LogP contribution in [0.4, 0.5) is 4.79 Å². The second-order valence-corrected chi connectivity index (χ2v) is 7.85. The van der Waals surface area contributed by atoms with Gasteiger partial charge in [0.2, 0.25) is 11.7 Å². The lowest BCUT2D eigenvalue weighted by atomic mass is 9.88. The van der Waals surface area contributed by atoms with Crippen LogP contribution in [0.15, 0.2) is 71.3 Å². The van der Waals surface area contributed by atoms with Crippen molar-refractivity contribution in [2.24, 2.45) is 0 Å². The van der Waals surface area contributed by atoms with Crippen molar-refractivity contribution in [2.75, 3.05) is 0 Å². The van der Waals surface area contributed by atoms with Crippen LogP contribution in [-0.4, -0.2) is 27.0 Å². The zero-order valence-corrected chi connectivity index (χ0v) is 17.1. The molecule has 0 saturated carbocycles. The van der Waals surface area contributed by atoms with E-state index in [9.17, 15) is 9.59 Å². The van der Waals surface area contributed by atoms with Crippen LogP contribution in [0.25, 0.3) is 22.2 Å². The topological polar surface area (TPSA) is 88.3 Å². The van der Waals surface area contributed by atoms with Gasteiger partial charge in [-0.3, -0.25) is 9.69 Å². The highest BCUT2D eigenvalue weighted by atomic mass is 16.5. The lowest BCUT2D eigenvalue weighted by Crippen LogP contribution is -2.41. The summed E-state index contributed by atoms with van der Waals surface area (Å²) in [7, 11) is 0. The molecular formula is C24H20N4O3. The summed E-state index contributed by atoms with van der Waals surface area (Å²) in [6, 6.07) is 20.7. The van der Waals surface area contributed by atoms with Gasteiger partial charge in [0.1, 0.15) is 12.1 Å². The fourth-order valence-corrected chi connectivity index (χ4v) is 4.04. The maximum atomic E-state index is 13.4. The number of nitrogens with one attached hydrogen (secondary N) is 1. The fourth-order valence-electron chi connectivity index (χ4n) is 4.04. The number of urea groups is 1. The zero-order valence-electron chi connectivity index (χ0n) is 17.1. The van der Waals surface area contributed by atoms with E-state index in [2.05, 4.69) is 15.5 Å². The average molecular weight is 412 g/mol. The molecule has 154 valence electrons. The first-order valence-electron chi connectivity index (χ1n) is 9.98. The third kappa shape index (κ3) is 3.15. The molecule has 3 aromatic carbocycles. The molecule has 7 heteroatoms. The van der Waals surface area contributed by atoms with Crippen molar-refractivity contribution in [3.05, 3.63) is 83.7 Å². The summed E-state index contributed by atoms with van der Waals surface area (Å²) < 4.78 is 5.33. The molecule has 1 unspecified atom stereocenters. The minimum absolute atomic E-state index is 0.0934. The van der Waals surface area contributed by atoms with E-state index in [0.29, 0.717) is 5.82 Å². The first kappa shape index (κ1) is 19.0. The molecular weight excluding hydrogens is 392 g/mol. The number of rotatable bonds is 4. The molecule has 0 spiro atoms. The summed E-state index contributed by atoms with van der Waals surface area (Å²) >= 11 is 0. The van der Waals surface area contributed by atoms with E-state index in [1.807, 2.05) is 73.7 Å². The number of hydrogen-bond donors (Lipinski definition) is 1. The standard InChI is InChI=1S/C24H20N4O3/c1-15-7-5-10-17(13-15)21-25-20(31-27-21)14-28-22(29)24(2,26-23(28)30)19-12-6-9-16-8-3-4-11-18(16)19/h3-13H,14H2,1-2H3,(H,26,30). The van der Waals surface area contributed by atoms with Crippen molar-refractivity contribution >= 4 is 22.7 Å². The Kier molecular flexibility index (Phi) is 4.32. The summed E-state index contributed by atoms with van der Waals surface area (Å²) in [5, 5.41) is 8.77. The maximum absolute atomic E-state index is 13.4. The van der Waals surface area contributed by atoms with Crippen molar-refractivity contribution in [2.45, 2.75) is 25.9 Å². The Hall–Kier alpha value is -4.00. The van der Waals surface area contributed by atoms with Gasteiger partial charge in [0, 0.05) is 5.56 Å². The highest BCUT2D eigenvalue weighted by Gasteiger charge is 2.50. The number of carbonyl (C=O) groups is 2. The number of hydrogen-bond acceptors (Lipinski definition) is 5. The molecule has 0 radical (unpaired) electrons. The minimum atomic E-state index is -1.18. The van der Waals surface area contributed by atoms with Crippen molar-refractivity contribution in [1.82, 2.24) is 20.4 Å². The molecule has 1 aliphatic rings. The van der Waals surface area contributed by atoms with Crippen LogP contribution in [-0.2, 0) is 16.9 Å². The van der Waals surface area contributed by atoms with E-state index < -0.39 is 11.6 Å². The van der Waals surface area contributed by atoms with Crippen LogP contribution >= 0.6 is 0 Å². The zero-order chi connectivity index (χ0) is 21.6. The van der Waals surface area contributed by atoms with Crippen LogP contribution in [0.2, 0.25) is 0 Å². The summed E-state index contributed by atoms with van der Waals surface area (Å²) in [6.45, 7) is 3.61. The fraction of sp³-hybridized carbons (Fsp3) is 0.167. The van der Waals surface area contributed by atoms with Crippen molar-refractivity contribution < 1.29 is 14.1 Å². The van der Waals surface area contributed by atoms with Crippen LogP contribution < -0.4 is 5.32 Å². The highest BCUT2D eigenvalue weighted by molar-refractivity contribution is 6.09. The number of aryl methyl sites for hydroxylation is 1. The number of amides is 3. The molecule has 7 nitrogen and oxygen atoms in total. The third-order valence-electron chi connectivity index (χ3n) is 5.64. The van der Waals surface area contributed by atoms with Crippen molar-refractivity contribution in [3.63, 3.8) is 0 Å². The van der Waals surface area contributed by atoms with E-state index in [0.717, 1.165) is 32.4 Å². The largest absolute Gasteiger partial charge is 0.337 e. The third-order valence-corrected chi connectivity index (χ3v) is 5.64. The van der Waals surface area contributed by atoms with E-state index in [1.54, 1.807) is 6.92 Å². The first-order chi connectivity index (χ1) is 15.0. The van der Waals surface area contributed by atoms with Gasteiger partial charge in [0.15, 0.2) is 0 Å². The number of imide groups is 1. The van der Waals surface area contributed by atoms with E-state index in [1.165, 1.54) is 0 Å². The van der Waals surface area contributed by atoms with Gasteiger partial charge in [-0.2, -0.15) is 4.98 Å². The number of nitrogens with zero attached hydrogens (tertiary/aromatic N) is 3. The van der Waals surface area contributed by atoms with E-state index in [4.69, 9.17) is 4.52 Å². The van der Waals surface area contributed by atoms with E-state index >= 15 is 0 Å². The Morgan fingerprint density at radius 2 is 1.81 bits per heavy atom. The lowest BCUT2D eigenvalue weighted by molar-refractivity contribution is -0.131. The van der Waals surface area contributed by atoms with Crippen LogP contribution in [0.1, 0.15) is 23.9 Å². The van der Waals surface area contributed by atoms with Gasteiger partial charge >= 0.3 is 6.03 Å². The quantitative estimate of drug-likeness (QED) is 0.509. The number of aromatic nitrogens is 2. The van der Waals surface area contributed by atoms with Gasteiger partial charge < -0.3 is 9.84 Å². The summed E-state index contributed by atoms with van der Waals surface area (Å²) in [6.07, 6.45) is 0. The second kappa shape index (κ2) is 7.05. The number of carbonyl (C=O) groups excluding carboxylic acids is 2. The van der Waals surface area contributed by atoms with Crippen LogP contribution in [0, 0.1) is 6.92 Å². The Balaban J connectivity index is 1.45. The smallest absolute Gasteiger partial charge is 0.325 e. The number of fused-ring (bicyclic) bond motifs is 1. The average Bonchev–Trinajstić information content (AvgIpc) is 3.33. The van der Waals surface area contributed by atoms with Crippen molar-refractivity contribution in [1.29, 1.82) is 0 Å². The van der Waals surface area contributed by atoms with Crippen LogP contribution in [0.5, 0.6) is 0 Å². The molecule has 31 heavy (non-hydrogen) atoms. The van der Waals surface area contributed by atoms with Crippen LogP contribution in [0.3, 0.4) is 0 Å². The summed E-state index contributed by atoms with van der Waals surface area (Å²) in [4.78, 5) is 31.6. The highest BCUT2D eigenvalue weighted by Crippen LogP contribution is 2.34. The summed E-state index contributed by atoms with van der Waals surface area (Å²) in [5.41, 5.74) is 1.45. The molecule has 5 rings (SSSR count). The molecule has 1 atom stereocenters. The minimum Gasteiger partial charge on any atom is -0.337 e. The summed E-state index contributed by atoms with van der Waals surface area (Å²) in [5.74, 6) is 0.258. The van der Waals surface area contributed by atoms with Gasteiger partial charge in [0.25, 0.3) is 5.91 Å². The predicted octanol–water partition coefficient (Wildman–Crippen LogP) is 4.17. The van der Waals surface area contributed by atoms with E-state index in [-0.39, 0.29) is 18.3 Å². The molecule has 1 N–H and O–H groups in total. The SMILES string of the molecule is Cc1cccc(-c2noc(CN3C(=O)NC(C)(c4cccc5ccccc45)C3=O)n2)c1. The monoisotopic (exact) mass is 412 g/mol. The Morgan fingerprint density at radius 1 is 1.03 bits per heavy atom. The number of benzene rings is 3. The van der Waals surface area contributed by atoms with Gasteiger partial charge in [0.05, 0.1) is 0 Å². The molecule has 1 fully saturated rings. The second-order valence-electron chi connectivity index (χ2n) is 7.85. The molecule has 0 bridgehead atoms. The molecule has 3 amide bonds. The molecule has 1 saturated heterocycles. The Bertz CT molecular complexity index is 1320. The molecule has 1 aliphatic heterocycles. The maximum Gasteiger partial charge on any atom is 0.325 e. The van der Waals surface area contributed by atoms with Gasteiger partial charge in [-0.15, -0.1) is 0 Å². The van der Waals surface area contributed by atoms with Gasteiger partial charge in [-0.25, -0.2) is 4.79 Å². The molecule has 2 heterocycles. The van der Waals surface area contributed by atoms with Gasteiger partial charge in [-0.1, -0.05) is 71.4 Å². The molecule has 4 aromatic rings. The predicted molar refractivity (Wildman–Crippen MR) is 115 cm³/mol.